The Morgan fingerprint density at radius 3 is 2.48 bits per heavy atom. The summed E-state index contributed by atoms with van der Waals surface area (Å²) >= 11 is 0. The number of amides is 2. The van der Waals surface area contributed by atoms with Crippen LogP contribution in [0.2, 0.25) is 0 Å². The van der Waals surface area contributed by atoms with Crippen molar-refractivity contribution < 1.29 is 18.9 Å². The molecule has 0 unspecified atom stereocenters. The van der Waals surface area contributed by atoms with Crippen LogP contribution in [0.4, 0.5) is 21.5 Å². The molecular formula is C15H12FN3O4. The van der Waals surface area contributed by atoms with Crippen LogP contribution in [0.25, 0.3) is 0 Å². The van der Waals surface area contributed by atoms with E-state index in [0.29, 0.717) is 5.69 Å². The highest BCUT2D eigenvalue weighted by molar-refractivity contribution is 6.10. The Labute approximate surface area is 130 Å². The monoisotopic (exact) mass is 317 g/mol. The quantitative estimate of drug-likeness (QED) is 0.668. The predicted octanol–water partition coefficient (Wildman–Crippen LogP) is 2.94. The number of benzene rings is 2. The Hall–Kier alpha value is -3.29. The van der Waals surface area contributed by atoms with Crippen molar-refractivity contribution in [3.63, 3.8) is 0 Å². The van der Waals surface area contributed by atoms with Gasteiger partial charge in [0.15, 0.2) is 0 Å². The number of nitrogens with one attached hydrogen (secondary N) is 2. The molecular weight excluding hydrogens is 305 g/mol. The van der Waals surface area contributed by atoms with Gasteiger partial charge in [-0.15, -0.1) is 0 Å². The molecule has 7 nitrogen and oxygen atoms in total. The molecule has 2 aromatic rings. The fourth-order valence-corrected chi connectivity index (χ4v) is 1.91. The molecule has 0 spiro atoms. The highest BCUT2D eigenvalue weighted by Crippen LogP contribution is 2.23. The summed E-state index contributed by atoms with van der Waals surface area (Å²) in [6.07, 6.45) is 0. The van der Waals surface area contributed by atoms with Gasteiger partial charge < -0.3 is 10.6 Å². The lowest BCUT2D eigenvalue weighted by atomic mass is 10.1. The maximum Gasteiger partial charge on any atom is 0.306 e. The minimum atomic E-state index is -0.994. The summed E-state index contributed by atoms with van der Waals surface area (Å²) in [4.78, 5) is 33.2. The summed E-state index contributed by atoms with van der Waals surface area (Å²) in [5, 5.41) is 15.7. The second-order valence-electron chi connectivity index (χ2n) is 4.60. The molecule has 0 aliphatic carbocycles. The second kappa shape index (κ2) is 6.65. The lowest BCUT2D eigenvalue weighted by molar-refractivity contribution is -0.387. The Balaban J connectivity index is 2.28. The Morgan fingerprint density at radius 2 is 1.83 bits per heavy atom. The second-order valence-corrected chi connectivity index (χ2v) is 4.60. The lowest BCUT2D eigenvalue weighted by Crippen LogP contribution is -2.16. The van der Waals surface area contributed by atoms with Gasteiger partial charge in [-0.2, -0.15) is 4.39 Å². The summed E-state index contributed by atoms with van der Waals surface area (Å²) in [6, 6.07) is 9.31. The molecule has 0 heterocycles. The van der Waals surface area contributed by atoms with E-state index in [-0.39, 0.29) is 17.2 Å². The molecule has 0 aliphatic rings. The van der Waals surface area contributed by atoms with Crippen LogP contribution in [-0.4, -0.2) is 16.7 Å². The molecule has 0 bridgehead atoms. The Morgan fingerprint density at radius 1 is 1.13 bits per heavy atom. The minimum Gasteiger partial charge on any atom is -0.326 e. The molecule has 2 aromatic carbocycles. The number of rotatable bonds is 4. The molecule has 0 atom stereocenters. The molecule has 2 amide bonds. The highest BCUT2D eigenvalue weighted by atomic mass is 19.1. The van der Waals surface area contributed by atoms with Gasteiger partial charge in [-0.25, -0.2) is 0 Å². The first kappa shape index (κ1) is 16.1. The van der Waals surface area contributed by atoms with Gasteiger partial charge in [-0.3, -0.25) is 19.7 Å². The van der Waals surface area contributed by atoms with Crippen molar-refractivity contribution in [2.45, 2.75) is 6.92 Å². The number of para-hydroxylation sites is 1. The van der Waals surface area contributed by atoms with Crippen molar-refractivity contribution in [2.24, 2.45) is 0 Å². The highest BCUT2D eigenvalue weighted by Gasteiger charge is 2.17. The van der Waals surface area contributed by atoms with Crippen molar-refractivity contribution in [3.05, 3.63) is 64.0 Å². The van der Waals surface area contributed by atoms with Gasteiger partial charge in [-0.1, -0.05) is 12.1 Å². The third-order valence-corrected chi connectivity index (χ3v) is 2.88. The van der Waals surface area contributed by atoms with Crippen molar-refractivity contribution in [1.29, 1.82) is 0 Å². The van der Waals surface area contributed by atoms with Gasteiger partial charge in [0.05, 0.1) is 16.2 Å². The van der Waals surface area contributed by atoms with Crippen LogP contribution < -0.4 is 10.6 Å². The molecule has 0 saturated heterocycles. The average Bonchev–Trinajstić information content (AvgIpc) is 2.48. The third-order valence-electron chi connectivity index (χ3n) is 2.88. The number of hydrogen-bond acceptors (Lipinski definition) is 4. The number of halogens is 1. The van der Waals surface area contributed by atoms with E-state index in [1.807, 2.05) is 0 Å². The first-order chi connectivity index (χ1) is 10.9. The summed E-state index contributed by atoms with van der Waals surface area (Å²) in [7, 11) is 0. The molecule has 0 saturated carbocycles. The number of carbonyl (C=O) groups is 2. The van der Waals surface area contributed by atoms with E-state index in [1.165, 1.54) is 19.1 Å². The number of nitrogens with zero attached hydrogens (tertiary/aromatic N) is 1. The maximum absolute atomic E-state index is 13.3. The zero-order chi connectivity index (χ0) is 17.0. The SMILES string of the molecule is CC(=O)Nc1ccccc1C(=O)Nc1ccc(F)c([N+](=O)[O-])c1. The van der Waals surface area contributed by atoms with Gasteiger partial charge in [0, 0.05) is 18.7 Å². The van der Waals surface area contributed by atoms with Crippen molar-refractivity contribution in [3.8, 4) is 0 Å². The van der Waals surface area contributed by atoms with Crippen LogP contribution >= 0.6 is 0 Å². The van der Waals surface area contributed by atoms with Gasteiger partial charge in [0.25, 0.3) is 5.91 Å². The molecule has 23 heavy (non-hydrogen) atoms. The molecule has 118 valence electrons. The largest absolute Gasteiger partial charge is 0.326 e. The zero-order valence-corrected chi connectivity index (χ0v) is 12.0. The van der Waals surface area contributed by atoms with E-state index in [9.17, 15) is 24.1 Å². The zero-order valence-electron chi connectivity index (χ0n) is 12.0. The Bertz CT molecular complexity index is 792. The van der Waals surface area contributed by atoms with Crippen molar-refractivity contribution >= 4 is 28.9 Å². The average molecular weight is 317 g/mol. The lowest BCUT2D eigenvalue weighted by Gasteiger charge is -2.10. The number of carbonyl (C=O) groups excluding carboxylic acids is 2. The Kier molecular flexibility index (Phi) is 4.65. The van der Waals surface area contributed by atoms with E-state index in [1.54, 1.807) is 18.2 Å². The van der Waals surface area contributed by atoms with E-state index >= 15 is 0 Å². The molecule has 2 rings (SSSR count). The minimum absolute atomic E-state index is 0.0701. The van der Waals surface area contributed by atoms with Crippen LogP contribution in [0, 0.1) is 15.9 Å². The topological polar surface area (TPSA) is 101 Å². The van der Waals surface area contributed by atoms with Gasteiger partial charge >= 0.3 is 5.69 Å². The summed E-state index contributed by atoms with van der Waals surface area (Å²) < 4.78 is 13.3. The van der Waals surface area contributed by atoms with Crippen LogP contribution in [0.15, 0.2) is 42.5 Å². The summed E-state index contributed by atoms with van der Waals surface area (Å²) in [5.74, 6) is -1.93. The van der Waals surface area contributed by atoms with Gasteiger partial charge in [0.1, 0.15) is 0 Å². The first-order valence-corrected chi connectivity index (χ1v) is 6.50. The van der Waals surface area contributed by atoms with Gasteiger partial charge in [0.2, 0.25) is 11.7 Å². The van der Waals surface area contributed by atoms with Crippen LogP contribution in [-0.2, 0) is 4.79 Å². The van der Waals surface area contributed by atoms with E-state index in [4.69, 9.17) is 0 Å². The summed E-state index contributed by atoms with van der Waals surface area (Å²) in [5.41, 5.74) is -0.192. The van der Waals surface area contributed by atoms with E-state index < -0.39 is 22.3 Å². The molecule has 0 aromatic heterocycles. The number of anilines is 2. The van der Waals surface area contributed by atoms with Crippen molar-refractivity contribution in [2.75, 3.05) is 10.6 Å². The molecule has 0 aliphatic heterocycles. The van der Waals surface area contributed by atoms with Crippen molar-refractivity contribution in [1.82, 2.24) is 0 Å². The summed E-state index contributed by atoms with van der Waals surface area (Å²) in [6.45, 7) is 1.30. The normalized spacial score (nSPS) is 10.0. The predicted molar refractivity (Wildman–Crippen MR) is 81.8 cm³/mol. The van der Waals surface area contributed by atoms with Crippen LogP contribution in [0.5, 0.6) is 0 Å². The van der Waals surface area contributed by atoms with E-state index in [2.05, 4.69) is 10.6 Å². The smallest absolute Gasteiger partial charge is 0.306 e. The number of nitro benzene ring substituents is 1. The molecule has 0 fully saturated rings. The third kappa shape index (κ3) is 3.88. The molecule has 8 heteroatoms. The maximum atomic E-state index is 13.3. The first-order valence-electron chi connectivity index (χ1n) is 6.50. The molecule has 0 radical (unpaired) electrons. The standard InChI is InChI=1S/C15H12FN3O4/c1-9(20)17-13-5-3-2-4-11(13)15(21)18-10-6-7-12(16)14(8-10)19(22)23/h2-8H,1H3,(H,17,20)(H,18,21). The fraction of sp³-hybridized carbons (Fsp3) is 0.0667. The van der Waals surface area contributed by atoms with Gasteiger partial charge in [-0.05, 0) is 24.3 Å². The van der Waals surface area contributed by atoms with Crippen LogP contribution in [0.1, 0.15) is 17.3 Å². The van der Waals surface area contributed by atoms with E-state index in [0.717, 1.165) is 12.1 Å². The number of nitro groups is 1. The number of hydrogen-bond donors (Lipinski definition) is 2. The fourth-order valence-electron chi connectivity index (χ4n) is 1.91. The molecule has 2 N–H and O–H groups in total. The van der Waals surface area contributed by atoms with Crippen LogP contribution in [0.3, 0.4) is 0 Å².